The van der Waals surface area contributed by atoms with Gasteiger partial charge in [-0.3, -0.25) is 0 Å². The summed E-state index contributed by atoms with van der Waals surface area (Å²) in [5.41, 5.74) is 2.46. The molecule has 0 amide bonds. The maximum absolute atomic E-state index is 11.8. The molecular formula is C19H13Cl2NO2S. The Morgan fingerprint density at radius 3 is 2.72 bits per heavy atom. The third kappa shape index (κ3) is 4.92. The molecule has 0 saturated heterocycles. The van der Waals surface area contributed by atoms with Crippen LogP contribution >= 0.6 is 34.5 Å². The second-order valence-electron chi connectivity index (χ2n) is 5.12. The van der Waals surface area contributed by atoms with Crippen molar-refractivity contribution in [2.45, 2.75) is 6.61 Å². The average molecular weight is 390 g/mol. The molecule has 0 radical (unpaired) electrons. The molecule has 3 rings (SSSR count). The maximum Gasteiger partial charge on any atom is 0.331 e. The highest BCUT2D eigenvalue weighted by atomic mass is 35.5. The fourth-order valence-corrected chi connectivity index (χ4v) is 3.36. The molecule has 25 heavy (non-hydrogen) atoms. The zero-order valence-corrected chi connectivity index (χ0v) is 15.3. The average Bonchev–Trinajstić information content (AvgIpc) is 3.09. The molecule has 0 saturated carbocycles. The smallest absolute Gasteiger partial charge is 0.331 e. The van der Waals surface area contributed by atoms with Gasteiger partial charge in [-0.15, -0.1) is 11.3 Å². The molecule has 3 aromatic rings. The lowest BCUT2D eigenvalue weighted by atomic mass is 10.2. The van der Waals surface area contributed by atoms with Gasteiger partial charge in [-0.2, -0.15) is 0 Å². The molecular weight excluding hydrogens is 377 g/mol. The molecule has 3 nitrogen and oxygen atoms in total. The summed E-state index contributed by atoms with van der Waals surface area (Å²) in [7, 11) is 0. The predicted molar refractivity (Wildman–Crippen MR) is 103 cm³/mol. The number of esters is 1. The highest BCUT2D eigenvalue weighted by molar-refractivity contribution is 7.13. The van der Waals surface area contributed by atoms with Crippen LogP contribution in [0, 0.1) is 0 Å². The molecule has 0 atom stereocenters. The van der Waals surface area contributed by atoms with Gasteiger partial charge in [0.1, 0.15) is 11.6 Å². The molecule has 0 aliphatic rings. The zero-order chi connectivity index (χ0) is 17.6. The third-order valence-corrected chi connectivity index (χ3v) is 4.80. The van der Waals surface area contributed by atoms with Crippen molar-refractivity contribution in [2.24, 2.45) is 0 Å². The van der Waals surface area contributed by atoms with Gasteiger partial charge < -0.3 is 4.74 Å². The van der Waals surface area contributed by atoms with Crippen LogP contribution in [0.2, 0.25) is 10.0 Å². The quantitative estimate of drug-likeness (QED) is 0.404. The minimum Gasteiger partial charge on any atom is -0.456 e. The Labute approximate surface area is 159 Å². The number of hydrogen-bond acceptors (Lipinski definition) is 4. The second-order valence-corrected chi connectivity index (χ2v) is 6.82. The van der Waals surface area contributed by atoms with Crippen molar-refractivity contribution in [3.8, 4) is 10.6 Å². The number of thiazole rings is 1. The van der Waals surface area contributed by atoms with Crippen LogP contribution in [0.15, 0.2) is 60.0 Å². The minimum atomic E-state index is -0.458. The van der Waals surface area contributed by atoms with Crippen LogP contribution in [0.4, 0.5) is 0 Å². The number of ether oxygens (including phenoxy) is 1. The lowest BCUT2D eigenvalue weighted by molar-refractivity contribution is -0.139. The summed E-state index contributed by atoms with van der Waals surface area (Å²) in [4.78, 5) is 16.3. The van der Waals surface area contributed by atoms with Crippen molar-refractivity contribution in [1.29, 1.82) is 0 Å². The van der Waals surface area contributed by atoms with E-state index in [9.17, 15) is 4.79 Å². The molecule has 1 aromatic heterocycles. The molecule has 0 N–H and O–H groups in total. The van der Waals surface area contributed by atoms with Crippen molar-refractivity contribution < 1.29 is 9.53 Å². The van der Waals surface area contributed by atoms with E-state index in [2.05, 4.69) is 4.98 Å². The summed E-state index contributed by atoms with van der Waals surface area (Å²) in [5.74, 6) is -0.458. The summed E-state index contributed by atoms with van der Waals surface area (Å²) in [6, 6.07) is 14.9. The zero-order valence-electron chi connectivity index (χ0n) is 13.0. The fraction of sp³-hybridized carbons (Fsp3) is 0.0526. The van der Waals surface area contributed by atoms with E-state index >= 15 is 0 Å². The third-order valence-electron chi connectivity index (χ3n) is 3.30. The van der Waals surface area contributed by atoms with Crippen molar-refractivity contribution in [3.05, 3.63) is 81.3 Å². The minimum absolute atomic E-state index is 0.126. The van der Waals surface area contributed by atoms with Crippen molar-refractivity contribution >= 4 is 46.6 Å². The topological polar surface area (TPSA) is 39.2 Å². The summed E-state index contributed by atoms with van der Waals surface area (Å²) in [6.45, 7) is 0.126. The molecule has 0 spiro atoms. The number of nitrogens with zero attached hydrogens (tertiary/aromatic N) is 1. The molecule has 0 unspecified atom stereocenters. The van der Waals surface area contributed by atoms with Crippen molar-refractivity contribution in [3.63, 3.8) is 0 Å². The van der Waals surface area contributed by atoms with E-state index in [4.69, 9.17) is 27.9 Å². The van der Waals surface area contributed by atoms with E-state index in [-0.39, 0.29) is 6.61 Å². The lowest BCUT2D eigenvalue weighted by Gasteiger charge is -2.00. The molecule has 6 heteroatoms. The molecule has 1 heterocycles. The molecule has 2 aromatic carbocycles. The maximum atomic E-state index is 11.8. The van der Waals surface area contributed by atoms with Gasteiger partial charge in [0, 0.05) is 27.1 Å². The van der Waals surface area contributed by atoms with Gasteiger partial charge >= 0.3 is 5.97 Å². The van der Waals surface area contributed by atoms with Crippen LogP contribution in [-0.2, 0) is 16.1 Å². The van der Waals surface area contributed by atoms with Crippen LogP contribution in [0.3, 0.4) is 0 Å². The number of carbonyl (C=O) groups excluding carboxylic acids is 1. The monoisotopic (exact) mass is 389 g/mol. The number of rotatable bonds is 5. The van der Waals surface area contributed by atoms with Gasteiger partial charge in [0.15, 0.2) is 0 Å². The summed E-state index contributed by atoms with van der Waals surface area (Å²) in [6.07, 6.45) is 2.93. The van der Waals surface area contributed by atoms with Crippen molar-refractivity contribution in [2.75, 3.05) is 0 Å². The number of carbonyl (C=O) groups is 1. The number of halogens is 2. The number of benzene rings is 2. The first-order chi connectivity index (χ1) is 12.1. The van der Waals surface area contributed by atoms with Crippen LogP contribution in [-0.4, -0.2) is 11.0 Å². The standard InChI is InChI=1S/C19H13Cl2NO2S/c20-15-8-6-13(17(21)10-15)7-9-18(23)24-11-16-12-25-19(22-16)14-4-2-1-3-5-14/h1-10,12H,11H2. The van der Waals surface area contributed by atoms with Gasteiger partial charge in [-0.1, -0.05) is 59.6 Å². The number of hydrogen-bond donors (Lipinski definition) is 0. The Morgan fingerprint density at radius 1 is 1.16 bits per heavy atom. The highest BCUT2D eigenvalue weighted by Gasteiger charge is 2.06. The summed E-state index contributed by atoms with van der Waals surface area (Å²) >= 11 is 13.4. The van der Waals surface area contributed by atoms with E-state index in [0.717, 1.165) is 16.3 Å². The van der Waals surface area contributed by atoms with Gasteiger partial charge in [0.05, 0.1) is 5.69 Å². The molecule has 0 fully saturated rings. The van der Waals surface area contributed by atoms with Gasteiger partial charge in [-0.05, 0) is 23.8 Å². The summed E-state index contributed by atoms with van der Waals surface area (Å²) in [5, 5.41) is 3.80. The van der Waals surface area contributed by atoms with E-state index in [1.807, 2.05) is 35.7 Å². The van der Waals surface area contributed by atoms with E-state index in [1.54, 1.807) is 24.3 Å². The van der Waals surface area contributed by atoms with Crippen LogP contribution in [0.25, 0.3) is 16.6 Å². The van der Waals surface area contributed by atoms with Crippen LogP contribution in [0.1, 0.15) is 11.3 Å². The van der Waals surface area contributed by atoms with E-state index in [0.29, 0.717) is 15.6 Å². The Kier molecular flexibility index (Phi) is 5.87. The molecule has 0 aliphatic carbocycles. The van der Waals surface area contributed by atoms with Gasteiger partial charge in [0.2, 0.25) is 0 Å². The number of aromatic nitrogens is 1. The predicted octanol–water partition coefficient (Wildman–Crippen LogP) is 5.87. The van der Waals surface area contributed by atoms with Crippen molar-refractivity contribution in [1.82, 2.24) is 4.98 Å². The summed E-state index contributed by atoms with van der Waals surface area (Å²) < 4.78 is 5.21. The van der Waals surface area contributed by atoms with E-state index < -0.39 is 5.97 Å². The first-order valence-electron chi connectivity index (χ1n) is 7.41. The first-order valence-corrected chi connectivity index (χ1v) is 9.05. The molecule has 0 bridgehead atoms. The Hall–Kier alpha value is -2.14. The first kappa shape index (κ1) is 17.7. The van der Waals surface area contributed by atoms with E-state index in [1.165, 1.54) is 17.4 Å². The molecule has 126 valence electrons. The fourth-order valence-electron chi connectivity index (χ4n) is 2.07. The normalized spacial score (nSPS) is 11.0. The van der Waals surface area contributed by atoms with Gasteiger partial charge in [0.25, 0.3) is 0 Å². The second kappa shape index (κ2) is 8.30. The Bertz CT molecular complexity index is 907. The largest absolute Gasteiger partial charge is 0.456 e. The Morgan fingerprint density at radius 2 is 1.96 bits per heavy atom. The molecule has 0 aliphatic heterocycles. The van der Waals surface area contributed by atoms with Crippen LogP contribution < -0.4 is 0 Å². The van der Waals surface area contributed by atoms with Gasteiger partial charge in [-0.25, -0.2) is 9.78 Å². The Balaban J connectivity index is 1.57. The SMILES string of the molecule is O=C(C=Cc1ccc(Cl)cc1Cl)OCc1csc(-c2ccccc2)n1. The highest BCUT2D eigenvalue weighted by Crippen LogP contribution is 2.24. The van der Waals surface area contributed by atoms with Crippen LogP contribution in [0.5, 0.6) is 0 Å². The lowest BCUT2D eigenvalue weighted by Crippen LogP contribution is -2.01.